The summed E-state index contributed by atoms with van der Waals surface area (Å²) in [6.07, 6.45) is 4.47. The van der Waals surface area contributed by atoms with E-state index in [1.165, 1.54) is 0 Å². The van der Waals surface area contributed by atoms with Crippen LogP contribution in [0.15, 0.2) is 47.5 Å². The second kappa shape index (κ2) is 7.77. The van der Waals surface area contributed by atoms with Crippen molar-refractivity contribution >= 4 is 27.4 Å². The van der Waals surface area contributed by atoms with Gasteiger partial charge in [0.1, 0.15) is 0 Å². The van der Waals surface area contributed by atoms with Crippen LogP contribution >= 0.6 is 11.8 Å². The summed E-state index contributed by atoms with van der Waals surface area (Å²) in [5, 5.41) is 8.40. The fraction of sp³-hybridized carbons (Fsp3) is 0.333. The Morgan fingerprint density at radius 3 is 2.77 bits per heavy atom. The number of rotatable bonds is 7. The molecule has 8 heteroatoms. The third kappa shape index (κ3) is 3.92. The van der Waals surface area contributed by atoms with Gasteiger partial charge in [-0.15, -0.1) is 10.2 Å². The van der Waals surface area contributed by atoms with Gasteiger partial charge in [0, 0.05) is 6.20 Å². The molecule has 3 aromatic rings. The first-order chi connectivity index (χ1) is 12.4. The van der Waals surface area contributed by atoms with Gasteiger partial charge in [0.2, 0.25) is 10.0 Å². The van der Waals surface area contributed by atoms with Crippen LogP contribution in [0.2, 0.25) is 0 Å². The number of benzene rings is 1. The Morgan fingerprint density at radius 1 is 1.19 bits per heavy atom. The van der Waals surface area contributed by atoms with Gasteiger partial charge >= 0.3 is 0 Å². The summed E-state index contributed by atoms with van der Waals surface area (Å²) in [4.78, 5) is 0.306. The van der Waals surface area contributed by atoms with Crippen LogP contribution in [0.4, 0.5) is 0 Å². The molecule has 0 aliphatic carbocycles. The van der Waals surface area contributed by atoms with Crippen molar-refractivity contribution in [3.63, 3.8) is 0 Å². The third-order valence-electron chi connectivity index (χ3n) is 4.19. The van der Waals surface area contributed by atoms with Crippen LogP contribution in [-0.2, 0) is 10.0 Å². The van der Waals surface area contributed by atoms with Gasteiger partial charge in [0.25, 0.3) is 0 Å². The molecule has 0 aliphatic heterocycles. The SMILES string of the molecule is CSCC[C@@H](NS(=O)(=O)c1cc(C)ccc1C)c1nnc2ccccn12. The molecule has 0 aliphatic rings. The number of pyridine rings is 1. The van der Waals surface area contributed by atoms with E-state index in [0.29, 0.717) is 22.8 Å². The second-order valence-electron chi connectivity index (χ2n) is 6.21. The largest absolute Gasteiger partial charge is 0.285 e. The van der Waals surface area contributed by atoms with E-state index < -0.39 is 16.1 Å². The molecule has 2 aromatic heterocycles. The van der Waals surface area contributed by atoms with Crippen LogP contribution in [-0.4, -0.2) is 35.0 Å². The lowest BCUT2D eigenvalue weighted by atomic mass is 10.2. The number of sulfonamides is 1. The number of nitrogens with zero attached hydrogens (tertiary/aromatic N) is 3. The Kier molecular flexibility index (Phi) is 5.64. The lowest BCUT2D eigenvalue weighted by Gasteiger charge is -2.18. The van der Waals surface area contributed by atoms with Crippen molar-refractivity contribution in [1.82, 2.24) is 19.3 Å². The summed E-state index contributed by atoms with van der Waals surface area (Å²) in [6.45, 7) is 3.69. The average molecular weight is 391 g/mol. The molecule has 0 bridgehead atoms. The number of hydrogen-bond donors (Lipinski definition) is 1. The summed E-state index contributed by atoms with van der Waals surface area (Å²) < 4.78 is 30.7. The summed E-state index contributed by atoms with van der Waals surface area (Å²) >= 11 is 1.67. The topological polar surface area (TPSA) is 76.4 Å². The molecule has 0 saturated heterocycles. The highest BCUT2D eigenvalue weighted by atomic mass is 32.2. The van der Waals surface area contributed by atoms with E-state index >= 15 is 0 Å². The van der Waals surface area contributed by atoms with E-state index in [1.807, 2.05) is 54.1 Å². The van der Waals surface area contributed by atoms with E-state index in [9.17, 15) is 8.42 Å². The summed E-state index contributed by atoms with van der Waals surface area (Å²) in [5.74, 6) is 1.41. The number of aromatic nitrogens is 3. The van der Waals surface area contributed by atoms with Gasteiger partial charge in [-0.25, -0.2) is 13.1 Å². The maximum Gasteiger partial charge on any atom is 0.241 e. The predicted molar refractivity (Wildman–Crippen MR) is 105 cm³/mol. The quantitative estimate of drug-likeness (QED) is 0.671. The molecule has 1 atom stereocenters. The molecular formula is C18H22N4O2S2. The van der Waals surface area contributed by atoms with Crippen molar-refractivity contribution in [3.8, 4) is 0 Å². The number of thioether (sulfide) groups is 1. The Morgan fingerprint density at radius 2 is 2.00 bits per heavy atom. The predicted octanol–water partition coefficient (Wildman–Crippen LogP) is 3.12. The van der Waals surface area contributed by atoms with Gasteiger partial charge in [-0.1, -0.05) is 18.2 Å². The normalized spacial score (nSPS) is 13.2. The maximum atomic E-state index is 13.0. The van der Waals surface area contributed by atoms with E-state index in [1.54, 1.807) is 24.8 Å². The highest BCUT2D eigenvalue weighted by molar-refractivity contribution is 7.98. The molecule has 1 aromatic carbocycles. The minimum absolute atomic E-state index is 0.306. The Bertz CT molecular complexity index is 1010. The van der Waals surface area contributed by atoms with E-state index in [0.717, 1.165) is 16.9 Å². The maximum absolute atomic E-state index is 13.0. The number of aryl methyl sites for hydroxylation is 2. The first-order valence-electron chi connectivity index (χ1n) is 8.30. The van der Waals surface area contributed by atoms with Gasteiger partial charge < -0.3 is 0 Å². The van der Waals surface area contributed by atoms with Crippen LogP contribution in [0.25, 0.3) is 5.65 Å². The van der Waals surface area contributed by atoms with Gasteiger partial charge in [0.05, 0.1) is 10.9 Å². The third-order valence-corrected chi connectivity index (χ3v) is 6.45. The zero-order valence-electron chi connectivity index (χ0n) is 15.0. The van der Waals surface area contributed by atoms with E-state index in [-0.39, 0.29) is 0 Å². The fourth-order valence-corrected chi connectivity index (χ4v) is 4.85. The van der Waals surface area contributed by atoms with Gasteiger partial charge in [-0.05, 0) is 61.6 Å². The summed E-state index contributed by atoms with van der Waals surface area (Å²) in [7, 11) is -3.68. The van der Waals surface area contributed by atoms with Crippen molar-refractivity contribution in [1.29, 1.82) is 0 Å². The molecule has 0 spiro atoms. The Balaban J connectivity index is 1.99. The molecule has 0 radical (unpaired) electrons. The number of nitrogens with one attached hydrogen (secondary N) is 1. The van der Waals surface area contributed by atoms with Gasteiger partial charge in [0.15, 0.2) is 11.5 Å². The van der Waals surface area contributed by atoms with Crippen LogP contribution < -0.4 is 4.72 Å². The van der Waals surface area contributed by atoms with Gasteiger partial charge in [-0.2, -0.15) is 11.8 Å². The first kappa shape index (κ1) is 18.9. The Hall–Kier alpha value is -1.90. The summed E-state index contributed by atoms with van der Waals surface area (Å²) in [6, 6.07) is 10.6. The highest BCUT2D eigenvalue weighted by Gasteiger charge is 2.26. The van der Waals surface area contributed by atoms with Crippen LogP contribution in [0.5, 0.6) is 0 Å². The molecule has 0 fully saturated rings. The molecule has 0 saturated carbocycles. The van der Waals surface area contributed by atoms with Crippen LogP contribution in [0.1, 0.15) is 29.4 Å². The van der Waals surface area contributed by atoms with Crippen molar-refractivity contribution in [2.75, 3.05) is 12.0 Å². The fourth-order valence-electron chi connectivity index (χ4n) is 2.82. The Labute approximate surface area is 158 Å². The lowest BCUT2D eigenvalue weighted by molar-refractivity contribution is 0.536. The number of fused-ring (bicyclic) bond motifs is 1. The molecule has 138 valence electrons. The molecule has 0 amide bonds. The molecular weight excluding hydrogens is 368 g/mol. The standard InChI is InChI=1S/C18H22N4O2S2/c1-13-7-8-14(2)16(12-13)26(23,24)21-15(9-11-25-3)18-20-19-17-6-4-5-10-22(17)18/h4-8,10,12,15,21H,9,11H2,1-3H3/t15-/m1/s1. The average Bonchev–Trinajstić information content (AvgIpc) is 3.04. The molecule has 1 N–H and O–H groups in total. The molecule has 6 nitrogen and oxygen atoms in total. The molecule has 0 unspecified atom stereocenters. The van der Waals surface area contributed by atoms with Gasteiger partial charge in [-0.3, -0.25) is 4.40 Å². The molecule has 26 heavy (non-hydrogen) atoms. The van der Waals surface area contributed by atoms with Crippen molar-refractivity contribution in [3.05, 3.63) is 59.5 Å². The van der Waals surface area contributed by atoms with E-state index in [2.05, 4.69) is 14.9 Å². The van der Waals surface area contributed by atoms with Crippen molar-refractivity contribution < 1.29 is 8.42 Å². The van der Waals surface area contributed by atoms with Crippen LogP contribution in [0.3, 0.4) is 0 Å². The molecule has 3 rings (SSSR count). The minimum atomic E-state index is -3.68. The zero-order chi connectivity index (χ0) is 18.7. The summed E-state index contributed by atoms with van der Waals surface area (Å²) in [5.41, 5.74) is 2.32. The molecule has 2 heterocycles. The lowest BCUT2D eigenvalue weighted by Crippen LogP contribution is -2.31. The minimum Gasteiger partial charge on any atom is -0.285 e. The number of hydrogen-bond acceptors (Lipinski definition) is 5. The van der Waals surface area contributed by atoms with Crippen LogP contribution in [0, 0.1) is 13.8 Å². The smallest absolute Gasteiger partial charge is 0.241 e. The van der Waals surface area contributed by atoms with E-state index in [4.69, 9.17) is 0 Å². The highest BCUT2D eigenvalue weighted by Crippen LogP contribution is 2.23. The first-order valence-corrected chi connectivity index (χ1v) is 11.2. The monoisotopic (exact) mass is 390 g/mol. The zero-order valence-corrected chi connectivity index (χ0v) is 16.6. The van der Waals surface area contributed by atoms with Crippen molar-refractivity contribution in [2.45, 2.75) is 31.2 Å². The second-order valence-corrected chi connectivity index (χ2v) is 8.88. The van der Waals surface area contributed by atoms with Crippen molar-refractivity contribution in [2.24, 2.45) is 0 Å².